The van der Waals surface area contributed by atoms with Crippen LogP contribution in [-0.4, -0.2) is 29.0 Å². The molecule has 0 spiro atoms. The maximum Gasteiger partial charge on any atom is 0.227 e. The quantitative estimate of drug-likeness (QED) is 0.775. The molecular formula is C10H13ClN4O. The maximum absolute atomic E-state index is 11.8. The van der Waals surface area contributed by atoms with E-state index >= 15 is 0 Å². The minimum atomic E-state index is 0.0736. The number of hydrogen-bond donors (Lipinski definition) is 1. The van der Waals surface area contributed by atoms with Gasteiger partial charge in [0.25, 0.3) is 0 Å². The summed E-state index contributed by atoms with van der Waals surface area (Å²) in [5.74, 6) is 0.298. The standard InChI is InChI=1S/C10H13ClN4O/c1-6-8(4-13-10(11)14-6)15-5-7(3-12)2-9(15)16/h4,7H,2-3,5,12H2,1H3. The van der Waals surface area contributed by atoms with Crippen molar-refractivity contribution in [2.24, 2.45) is 11.7 Å². The van der Waals surface area contributed by atoms with Crippen molar-refractivity contribution >= 4 is 23.2 Å². The van der Waals surface area contributed by atoms with Gasteiger partial charge in [0, 0.05) is 13.0 Å². The van der Waals surface area contributed by atoms with Gasteiger partial charge in [-0.15, -0.1) is 0 Å². The molecule has 0 aromatic carbocycles. The Morgan fingerprint density at radius 2 is 2.44 bits per heavy atom. The van der Waals surface area contributed by atoms with E-state index in [1.54, 1.807) is 11.1 Å². The van der Waals surface area contributed by atoms with Gasteiger partial charge in [-0.05, 0) is 31.0 Å². The Bertz CT molecular complexity index is 423. The minimum absolute atomic E-state index is 0.0736. The van der Waals surface area contributed by atoms with E-state index in [4.69, 9.17) is 17.3 Å². The molecule has 0 saturated carbocycles. The Kier molecular flexibility index (Phi) is 3.07. The van der Waals surface area contributed by atoms with Crippen LogP contribution >= 0.6 is 11.6 Å². The van der Waals surface area contributed by atoms with E-state index in [1.165, 1.54) is 0 Å². The van der Waals surface area contributed by atoms with E-state index < -0.39 is 0 Å². The first-order valence-electron chi connectivity index (χ1n) is 5.11. The molecule has 1 aliphatic heterocycles. The van der Waals surface area contributed by atoms with Crippen molar-refractivity contribution in [1.29, 1.82) is 0 Å². The lowest BCUT2D eigenvalue weighted by Gasteiger charge is -2.17. The van der Waals surface area contributed by atoms with Gasteiger partial charge < -0.3 is 10.6 Å². The van der Waals surface area contributed by atoms with Gasteiger partial charge in [0.2, 0.25) is 11.2 Å². The van der Waals surface area contributed by atoms with Crippen molar-refractivity contribution in [2.75, 3.05) is 18.0 Å². The van der Waals surface area contributed by atoms with E-state index in [1.807, 2.05) is 6.92 Å². The predicted octanol–water partition coefficient (Wildman–Crippen LogP) is 0.750. The number of amides is 1. The van der Waals surface area contributed by atoms with E-state index in [9.17, 15) is 4.79 Å². The summed E-state index contributed by atoms with van der Waals surface area (Å²) in [6, 6.07) is 0. The van der Waals surface area contributed by atoms with Gasteiger partial charge in [-0.2, -0.15) is 0 Å². The van der Waals surface area contributed by atoms with Crippen molar-refractivity contribution < 1.29 is 4.79 Å². The van der Waals surface area contributed by atoms with E-state index in [0.29, 0.717) is 25.2 Å². The summed E-state index contributed by atoms with van der Waals surface area (Å²) in [6.45, 7) is 2.98. The second-order valence-corrected chi connectivity index (χ2v) is 4.26. The summed E-state index contributed by atoms with van der Waals surface area (Å²) in [7, 11) is 0. The van der Waals surface area contributed by atoms with E-state index in [2.05, 4.69) is 9.97 Å². The molecule has 2 N–H and O–H groups in total. The predicted molar refractivity (Wildman–Crippen MR) is 61.3 cm³/mol. The number of aryl methyl sites for hydroxylation is 1. The third kappa shape index (κ3) is 2.01. The molecule has 1 aromatic heterocycles. The molecule has 6 heteroatoms. The zero-order chi connectivity index (χ0) is 11.7. The maximum atomic E-state index is 11.8. The molecule has 1 aliphatic rings. The summed E-state index contributed by atoms with van der Waals surface area (Å²) in [5.41, 5.74) is 7.01. The number of rotatable bonds is 2. The number of halogens is 1. The molecule has 0 bridgehead atoms. The molecule has 1 atom stereocenters. The molecule has 0 radical (unpaired) electrons. The van der Waals surface area contributed by atoms with Gasteiger partial charge >= 0.3 is 0 Å². The SMILES string of the molecule is Cc1nc(Cl)ncc1N1CC(CN)CC1=O. The molecule has 0 aliphatic carbocycles. The van der Waals surface area contributed by atoms with Crippen LogP contribution in [-0.2, 0) is 4.79 Å². The summed E-state index contributed by atoms with van der Waals surface area (Å²) < 4.78 is 0. The summed E-state index contributed by atoms with van der Waals surface area (Å²) in [4.78, 5) is 21.4. The first-order valence-corrected chi connectivity index (χ1v) is 5.49. The van der Waals surface area contributed by atoms with Crippen molar-refractivity contribution in [3.63, 3.8) is 0 Å². The van der Waals surface area contributed by atoms with Gasteiger partial charge in [-0.3, -0.25) is 4.79 Å². The molecule has 1 amide bonds. The largest absolute Gasteiger partial charge is 0.330 e. The molecule has 2 rings (SSSR count). The normalized spacial score (nSPS) is 20.6. The highest BCUT2D eigenvalue weighted by atomic mass is 35.5. The van der Waals surface area contributed by atoms with Gasteiger partial charge in [-0.25, -0.2) is 9.97 Å². The number of nitrogens with two attached hydrogens (primary N) is 1. The Hall–Kier alpha value is -1.20. The highest BCUT2D eigenvalue weighted by molar-refractivity contribution is 6.28. The highest BCUT2D eigenvalue weighted by Gasteiger charge is 2.30. The fraction of sp³-hybridized carbons (Fsp3) is 0.500. The van der Waals surface area contributed by atoms with Crippen molar-refractivity contribution in [3.8, 4) is 0 Å². The highest BCUT2D eigenvalue weighted by Crippen LogP contribution is 2.26. The van der Waals surface area contributed by atoms with Crippen LogP contribution in [0.5, 0.6) is 0 Å². The lowest BCUT2D eigenvalue weighted by Crippen LogP contribution is -2.26. The van der Waals surface area contributed by atoms with Gasteiger partial charge in [0.15, 0.2) is 0 Å². The third-order valence-corrected chi connectivity index (χ3v) is 2.94. The van der Waals surface area contributed by atoms with Crippen LogP contribution in [0.15, 0.2) is 6.20 Å². The van der Waals surface area contributed by atoms with Crippen LogP contribution in [0.4, 0.5) is 5.69 Å². The molecule has 2 heterocycles. The van der Waals surface area contributed by atoms with Crippen molar-refractivity contribution in [2.45, 2.75) is 13.3 Å². The molecule has 1 saturated heterocycles. The number of nitrogens with zero attached hydrogens (tertiary/aromatic N) is 3. The molecule has 1 aromatic rings. The fourth-order valence-corrected chi connectivity index (χ4v) is 2.05. The molecule has 5 nitrogen and oxygen atoms in total. The van der Waals surface area contributed by atoms with Crippen LogP contribution in [0.1, 0.15) is 12.1 Å². The third-order valence-electron chi connectivity index (χ3n) is 2.75. The lowest BCUT2D eigenvalue weighted by molar-refractivity contribution is -0.117. The van der Waals surface area contributed by atoms with Gasteiger partial charge in [0.1, 0.15) is 0 Å². The average Bonchev–Trinajstić information content (AvgIpc) is 2.60. The Morgan fingerprint density at radius 1 is 1.69 bits per heavy atom. The molecule has 16 heavy (non-hydrogen) atoms. The fourth-order valence-electron chi connectivity index (χ4n) is 1.87. The van der Waals surface area contributed by atoms with Crippen molar-refractivity contribution in [1.82, 2.24) is 9.97 Å². The van der Waals surface area contributed by atoms with Gasteiger partial charge in [0.05, 0.1) is 17.6 Å². The van der Waals surface area contributed by atoms with Crippen LogP contribution < -0.4 is 10.6 Å². The van der Waals surface area contributed by atoms with Crippen molar-refractivity contribution in [3.05, 3.63) is 17.2 Å². The lowest BCUT2D eigenvalue weighted by atomic mass is 10.1. The summed E-state index contributed by atoms with van der Waals surface area (Å²) >= 11 is 5.67. The smallest absolute Gasteiger partial charge is 0.227 e. The number of anilines is 1. The van der Waals surface area contributed by atoms with Crippen LogP contribution in [0, 0.1) is 12.8 Å². The number of hydrogen-bond acceptors (Lipinski definition) is 4. The summed E-state index contributed by atoms with van der Waals surface area (Å²) in [6.07, 6.45) is 2.08. The number of carbonyl (C=O) groups is 1. The number of aromatic nitrogens is 2. The van der Waals surface area contributed by atoms with E-state index in [-0.39, 0.29) is 17.1 Å². The zero-order valence-corrected chi connectivity index (χ0v) is 9.74. The zero-order valence-electron chi connectivity index (χ0n) is 8.98. The molecule has 1 unspecified atom stereocenters. The molecular weight excluding hydrogens is 228 g/mol. The molecule has 86 valence electrons. The first kappa shape index (κ1) is 11.3. The van der Waals surface area contributed by atoms with E-state index in [0.717, 1.165) is 5.69 Å². The van der Waals surface area contributed by atoms with Gasteiger partial charge in [-0.1, -0.05) is 0 Å². The Balaban J connectivity index is 2.28. The molecule has 1 fully saturated rings. The number of carbonyl (C=O) groups excluding carboxylic acids is 1. The topological polar surface area (TPSA) is 72.1 Å². The Labute approximate surface area is 98.6 Å². The first-order chi connectivity index (χ1) is 7.61. The van der Waals surface area contributed by atoms with Crippen LogP contribution in [0.25, 0.3) is 0 Å². The van der Waals surface area contributed by atoms with Crippen LogP contribution in [0.3, 0.4) is 0 Å². The second-order valence-electron chi connectivity index (χ2n) is 3.92. The monoisotopic (exact) mass is 240 g/mol. The minimum Gasteiger partial charge on any atom is -0.330 e. The Morgan fingerprint density at radius 3 is 3.00 bits per heavy atom. The van der Waals surface area contributed by atoms with Crippen LogP contribution in [0.2, 0.25) is 5.28 Å². The average molecular weight is 241 g/mol. The summed E-state index contributed by atoms with van der Waals surface area (Å²) in [5, 5.41) is 0.197. The second kappa shape index (κ2) is 4.35.